The molecule has 0 saturated heterocycles. The summed E-state index contributed by atoms with van der Waals surface area (Å²) >= 11 is 0. The number of aliphatic imine (C=N–C) groups is 1. The van der Waals surface area contributed by atoms with Crippen molar-refractivity contribution in [2.24, 2.45) is 16.6 Å². The van der Waals surface area contributed by atoms with E-state index in [1.165, 1.54) is 0 Å². The van der Waals surface area contributed by atoms with Gasteiger partial charge in [-0.3, -0.25) is 4.99 Å². The SMILES string of the molecule is NC(=NCC1(O)CCCC(C(F)(F)F)C1)NC1CCOc2ccccc21. The van der Waals surface area contributed by atoms with Crippen LogP contribution < -0.4 is 15.8 Å². The molecule has 3 unspecified atom stereocenters. The van der Waals surface area contributed by atoms with Gasteiger partial charge in [0.15, 0.2) is 5.96 Å². The lowest BCUT2D eigenvalue weighted by molar-refractivity contribution is -0.199. The van der Waals surface area contributed by atoms with Gasteiger partial charge in [-0.15, -0.1) is 0 Å². The highest BCUT2D eigenvalue weighted by Crippen LogP contribution is 2.41. The van der Waals surface area contributed by atoms with Gasteiger partial charge in [0, 0.05) is 12.0 Å². The Balaban J connectivity index is 1.62. The Bertz CT molecular complexity index is 665. The highest BCUT2D eigenvalue weighted by molar-refractivity contribution is 5.78. The van der Waals surface area contributed by atoms with E-state index in [0.717, 1.165) is 11.3 Å². The molecule has 3 atom stereocenters. The Morgan fingerprint density at radius 3 is 2.88 bits per heavy atom. The van der Waals surface area contributed by atoms with Gasteiger partial charge in [0.25, 0.3) is 0 Å². The average molecular weight is 371 g/mol. The van der Waals surface area contributed by atoms with E-state index in [2.05, 4.69) is 10.3 Å². The molecule has 1 aliphatic heterocycles. The molecule has 0 amide bonds. The van der Waals surface area contributed by atoms with E-state index in [4.69, 9.17) is 10.5 Å². The lowest BCUT2D eigenvalue weighted by Crippen LogP contribution is -2.44. The summed E-state index contributed by atoms with van der Waals surface area (Å²) < 4.78 is 44.4. The van der Waals surface area contributed by atoms with Crippen LogP contribution in [0.3, 0.4) is 0 Å². The first-order valence-electron chi connectivity index (χ1n) is 8.84. The van der Waals surface area contributed by atoms with Gasteiger partial charge in [0.05, 0.1) is 30.7 Å². The fraction of sp³-hybridized carbons (Fsp3) is 0.611. The third-order valence-corrected chi connectivity index (χ3v) is 5.11. The van der Waals surface area contributed by atoms with Crippen molar-refractivity contribution in [3.05, 3.63) is 29.8 Å². The van der Waals surface area contributed by atoms with Gasteiger partial charge in [0.2, 0.25) is 0 Å². The number of halogens is 3. The molecule has 1 heterocycles. The predicted molar refractivity (Wildman–Crippen MR) is 91.9 cm³/mol. The molecule has 4 N–H and O–H groups in total. The van der Waals surface area contributed by atoms with Crippen molar-refractivity contribution in [2.75, 3.05) is 13.2 Å². The van der Waals surface area contributed by atoms with Crippen molar-refractivity contribution in [2.45, 2.75) is 49.9 Å². The highest BCUT2D eigenvalue weighted by atomic mass is 19.4. The number of para-hydroxylation sites is 1. The summed E-state index contributed by atoms with van der Waals surface area (Å²) in [5.74, 6) is -0.578. The molecule has 3 rings (SSSR count). The van der Waals surface area contributed by atoms with Crippen molar-refractivity contribution in [1.29, 1.82) is 0 Å². The molecule has 0 bridgehead atoms. The van der Waals surface area contributed by atoms with E-state index in [-0.39, 0.29) is 31.4 Å². The molecule has 1 aromatic carbocycles. The lowest BCUT2D eigenvalue weighted by atomic mass is 9.78. The first kappa shape index (κ1) is 18.8. The maximum atomic E-state index is 12.9. The number of ether oxygens (including phenoxy) is 1. The van der Waals surface area contributed by atoms with Gasteiger partial charge >= 0.3 is 6.18 Å². The fourth-order valence-electron chi connectivity index (χ4n) is 3.71. The number of alkyl halides is 3. The Labute approximate surface area is 150 Å². The van der Waals surface area contributed by atoms with Crippen LogP contribution in [0, 0.1) is 5.92 Å². The summed E-state index contributed by atoms with van der Waals surface area (Å²) in [5, 5.41) is 13.6. The average Bonchev–Trinajstić information content (AvgIpc) is 2.60. The Hall–Kier alpha value is -1.96. The topological polar surface area (TPSA) is 79.9 Å². The molecule has 1 fully saturated rings. The van der Waals surface area contributed by atoms with Gasteiger partial charge in [-0.05, 0) is 31.7 Å². The van der Waals surface area contributed by atoms with Crippen LogP contribution in [0.2, 0.25) is 0 Å². The number of guanidine groups is 1. The first-order valence-corrected chi connectivity index (χ1v) is 8.84. The van der Waals surface area contributed by atoms with E-state index in [1.807, 2.05) is 24.3 Å². The zero-order valence-electron chi connectivity index (χ0n) is 14.4. The molecule has 1 saturated carbocycles. The summed E-state index contributed by atoms with van der Waals surface area (Å²) in [6, 6.07) is 7.51. The number of nitrogens with zero attached hydrogens (tertiary/aromatic N) is 1. The molecular weight excluding hydrogens is 347 g/mol. The minimum atomic E-state index is -4.28. The minimum Gasteiger partial charge on any atom is -0.493 e. The van der Waals surface area contributed by atoms with Crippen LogP contribution in [0.1, 0.15) is 43.7 Å². The first-order chi connectivity index (χ1) is 12.3. The molecule has 0 spiro atoms. The van der Waals surface area contributed by atoms with Crippen molar-refractivity contribution in [1.82, 2.24) is 5.32 Å². The van der Waals surface area contributed by atoms with Crippen LogP contribution in [0.15, 0.2) is 29.3 Å². The monoisotopic (exact) mass is 371 g/mol. The number of hydrogen-bond acceptors (Lipinski definition) is 3. The lowest BCUT2D eigenvalue weighted by Gasteiger charge is -2.36. The number of benzene rings is 1. The van der Waals surface area contributed by atoms with Gasteiger partial charge in [-0.1, -0.05) is 18.2 Å². The molecular formula is C18H24F3N3O2. The predicted octanol–water partition coefficient (Wildman–Crippen LogP) is 2.90. The molecule has 26 heavy (non-hydrogen) atoms. The van der Waals surface area contributed by atoms with Crippen LogP contribution in [-0.4, -0.2) is 36.0 Å². The van der Waals surface area contributed by atoms with Crippen LogP contribution in [0.25, 0.3) is 0 Å². The molecule has 0 aromatic heterocycles. The number of hydrogen-bond donors (Lipinski definition) is 3. The van der Waals surface area contributed by atoms with E-state index in [1.54, 1.807) is 0 Å². The molecule has 2 aliphatic rings. The second kappa shape index (κ2) is 7.34. The molecule has 144 valence electrons. The minimum absolute atomic E-state index is 0.0577. The van der Waals surface area contributed by atoms with Crippen molar-refractivity contribution in [3.63, 3.8) is 0 Å². The van der Waals surface area contributed by atoms with E-state index < -0.39 is 17.7 Å². The summed E-state index contributed by atoms with van der Waals surface area (Å²) in [4.78, 5) is 4.13. The third-order valence-electron chi connectivity index (χ3n) is 5.11. The molecule has 8 heteroatoms. The number of aliphatic hydroxyl groups is 1. The maximum Gasteiger partial charge on any atom is 0.391 e. The van der Waals surface area contributed by atoms with Gasteiger partial charge in [0.1, 0.15) is 5.75 Å². The smallest absolute Gasteiger partial charge is 0.391 e. The number of rotatable bonds is 3. The van der Waals surface area contributed by atoms with Gasteiger partial charge in [-0.25, -0.2) is 0 Å². The normalized spacial score (nSPS) is 29.6. The largest absolute Gasteiger partial charge is 0.493 e. The summed E-state index contributed by atoms with van der Waals surface area (Å²) in [7, 11) is 0. The Morgan fingerprint density at radius 1 is 1.35 bits per heavy atom. The van der Waals surface area contributed by atoms with Crippen LogP contribution >= 0.6 is 0 Å². The number of fused-ring (bicyclic) bond motifs is 1. The van der Waals surface area contributed by atoms with E-state index in [9.17, 15) is 18.3 Å². The molecule has 0 radical (unpaired) electrons. The highest BCUT2D eigenvalue weighted by Gasteiger charge is 2.46. The maximum absolute atomic E-state index is 12.9. The Kier molecular flexibility index (Phi) is 5.32. The second-order valence-corrected chi connectivity index (χ2v) is 7.13. The van der Waals surface area contributed by atoms with E-state index >= 15 is 0 Å². The quantitative estimate of drug-likeness (QED) is 0.564. The summed E-state index contributed by atoms with van der Waals surface area (Å²) in [5.41, 5.74) is 5.43. The van der Waals surface area contributed by atoms with Crippen LogP contribution in [0.5, 0.6) is 5.75 Å². The van der Waals surface area contributed by atoms with Crippen LogP contribution in [-0.2, 0) is 0 Å². The molecule has 5 nitrogen and oxygen atoms in total. The summed E-state index contributed by atoms with van der Waals surface area (Å²) in [6.45, 7) is 0.405. The van der Waals surface area contributed by atoms with Gasteiger partial charge in [-0.2, -0.15) is 13.2 Å². The van der Waals surface area contributed by atoms with Crippen molar-refractivity contribution < 1.29 is 23.0 Å². The molecule has 1 aliphatic carbocycles. The van der Waals surface area contributed by atoms with E-state index in [0.29, 0.717) is 25.9 Å². The number of nitrogens with one attached hydrogen (secondary N) is 1. The van der Waals surface area contributed by atoms with Gasteiger partial charge < -0.3 is 20.9 Å². The molecule has 1 aromatic rings. The zero-order chi connectivity index (χ0) is 18.8. The second-order valence-electron chi connectivity index (χ2n) is 7.13. The Morgan fingerprint density at radius 2 is 2.12 bits per heavy atom. The fourth-order valence-corrected chi connectivity index (χ4v) is 3.71. The van der Waals surface area contributed by atoms with Crippen molar-refractivity contribution >= 4 is 5.96 Å². The standard InChI is InChI=1S/C18H24F3N3O2/c19-18(20,21)12-4-3-8-17(25,10-12)11-23-16(22)24-14-7-9-26-15-6-2-1-5-13(14)15/h1-2,5-6,12,14,25H,3-4,7-11H2,(H3,22,23,24). The van der Waals surface area contributed by atoms with Crippen LogP contribution in [0.4, 0.5) is 13.2 Å². The summed E-state index contributed by atoms with van der Waals surface area (Å²) in [6.07, 6.45) is -3.22. The third kappa shape index (κ3) is 4.41. The zero-order valence-corrected chi connectivity index (χ0v) is 14.4. The van der Waals surface area contributed by atoms with Crippen molar-refractivity contribution in [3.8, 4) is 5.75 Å². The number of nitrogens with two attached hydrogens (primary N) is 1.